The Kier molecular flexibility index (Phi) is 6.76. The van der Waals surface area contributed by atoms with E-state index in [1.54, 1.807) is 24.5 Å². The van der Waals surface area contributed by atoms with E-state index in [0.29, 0.717) is 30.0 Å². The van der Waals surface area contributed by atoms with Gasteiger partial charge in [-0.1, -0.05) is 18.6 Å². The van der Waals surface area contributed by atoms with Gasteiger partial charge in [0.05, 0.1) is 17.2 Å². The highest BCUT2D eigenvalue weighted by Crippen LogP contribution is 2.30. The zero-order valence-corrected chi connectivity index (χ0v) is 18.9. The minimum Gasteiger partial charge on any atom is -0.352 e. The van der Waals surface area contributed by atoms with Crippen molar-refractivity contribution in [3.05, 3.63) is 65.7 Å². The summed E-state index contributed by atoms with van der Waals surface area (Å²) in [5.74, 6) is 0.620. The van der Waals surface area contributed by atoms with Crippen molar-refractivity contribution in [1.82, 2.24) is 24.8 Å². The van der Waals surface area contributed by atoms with Gasteiger partial charge in [-0.05, 0) is 43.9 Å². The lowest BCUT2D eigenvalue weighted by Crippen LogP contribution is -2.51. The third-order valence-electron chi connectivity index (χ3n) is 6.04. The summed E-state index contributed by atoms with van der Waals surface area (Å²) >= 11 is 0. The molecule has 0 bridgehead atoms. The minimum atomic E-state index is -4.49. The number of alkyl halides is 3. The molecule has 2 aromatic heterocycles. The van der Waals surface area contributed by atoms with Crippen molar-refractivity contribution in [1.29, 1.82) is 0 Å². The van der Waals surface area contributed by atoms with E-state index in [2.05, 4.69) is 32.2 Å². The van der Waals surface area contributed by atoms with Crippen LogP contribution < -0.4 is 5.32 Å². The first-order valence-electron chi connectivity index (χ1n) is 11.1. The van der Waals surface area contributed by atoms with Crippen LogP contribution >= 0.6 is 0 Å². The molecule has 1 N–H and O–H groups in total. The van der Waals surface area contributed by atoms with E-state index in [9.17, 15) is 18.0 Å². The first kappa shape index (κ1) is 23.6. The van der Waals surface area contributed by atoms with E-state index in [1.165, 1.54) is 0 Å². The highest BCUT2D eigenvalue weighted by molar-refractivity contribution is 6.00. The number of anilines is 1. The van der Waals surface area contributed by atoms with Crippen molar-refractivity contribution in [2.24, 2.45) is 5.92 Å². The third-order valence-corrected chi connectivity index (χ3v) is 6.04. The van der Waals surface area contributed by atoms with E-state index in [-0.39, 0.29) is 23.8 Å². The SMILES string of the molecule is Cc1ccc(C(=O)N2CCC[C@@H](C)C2CNc2ncc(C(F)(F)F)cn2)c(-c2ncccn2)c1. The van der Waals surface area contributed by atoms with Crippen LogP contribution in [-0.4, -0.2) is 49.9 Å². The van der Waals surface area contributed by atoms with Gasteiger partial charge in [-0.15, -0.1) is 0 Å². The van der Waals surface area contributed by atoms with Gasteiger partial charge >= 0.3 is 6.18 Å². The van der Waals surface area contributed by atoms with Crippen molar-refractivity contribution < 1.29 is 18.0 Å². The number of likely N-dealkylation sites (tertiary alicyclic amines) is 1. The number of piperidine rings is 1. The van der Waals surface area contributed by atoms with E-state index in [0.717, 1.165) is 30.8 Å². The lowest BCUT2D eigenvalue weighted by Gasteiger charge is -2.40. The molecule has 1 unspecified atom stereocenters. The fourth-order valence-corrected chi connectivity index (χ4v) is 4.20. The number of hydrogen-bond donors (Lipinski definition) is 1. The molecule has 3 heterocycles. The molecule has 34 heavy (non-hydrogen) atoms. The van der Waals surface area contributed by atoms with Crippen LogP contribution in [-0.2, 0) is 6.18 Å². The summed E-state index contributed by atoms with van der Waals surface area (Å²) in [6.07, 6.45) is 2.09. The van der Waals surface area contributed by atoms with Gasteiger partial charge in [0, 0.05) is 43.4 Å². The molecule has 0 aliphatic carbocycles. The van der Waals surface area contributed by atoms with E-state index in [1.807, 2.05) is 24.0 Å². The number of hydrogen-bond acceptors (Lipinski definition) is 6. The van der Waals surface area contributed by atoms with Crippen LogP contribution in [0.1, 0.15) is 41.3 Å². The molecule has 3 aromatic rings. The molecule has 1 saturated heterocycles. The molecule has 0 saturated carbocycles. The highest BCUT2D eigenvalue weighted by Gasteiger charge is 2.34. The summed E-state index contributed by atoms with van der Waals surface area (Å²) in [5, 5.41) is 3.01. The van der Waals surface area contributed by atoms with Crippen LogP contribution in [0, 0.1) is 12.8 Å². The summed E-state index contributed by atoms with van der Waals surface area (Å²) in [4.78, 5) is 31.7. The minimum absolute atomic E-state index is 0.0897. The van der Waals surface area contributed by atoms with E-state index < -0.39 is 11.7 Å². The first-order chi connectivity index (χ1) is 16.2. The second-order valence-electron chi connectivity index (χ2n) is 8.48. The average molecular weight is 470 g/mol. The average Bonchev–Trinajstić information content (AvgIpc) is 2.83. The molecular formula is C24H25F3N6O. The monoisotopic (exact) mass is 470 g/mol. The van der Waals surface area contributed by atoms with Crippen molar-refractivity contribution in [2.75, 3.05) is 18.4 Å². The molecule has 7 nitrogen and oxygen atoms in total. The Morgan fingerprint density at radius 1 is 1.15 bits per heavy atom. The number of aromatic nitrogens is 4. The summed E-state index contributed by atoms with van der Waals surface area (Å²) in [6.45, 7) is 4.91. The summed E-state index contributed by atoms with van der Waals surface area (Å²) < 4.78 is 38.3. The Balaban J connectivity index is 1.56. The number of carbonyl (C=O) groups is 1. The number of aryl methyl sites for hydroxylation is 1. The lowest BCUT2D eigenvalue weighted by molar-refractivity contribution is -0.138. The molecule has 4 rings (SSSR count). The van der Waals surface area contributed by atoms with Crippen LogP contribution in [0.15, 0.2) is 49.1 Å². The van der Waals surface area contributed by atoms with Crippen molar-refractivity contribution >= 4 is 11.9 Å². The summed E-state index contributed by atoms with van der Waals surface area (Å²) in [5.41, 5.74) is 1.27. The third kappa shape index (κ3) is 5.16. The van der Waals surface area contributed by atoms with Crippen LogP contribution in [0.25, 0.3) is 11.4 Å². The van der Waals surface area contributed by atoms with Crippen molar-refractivity contribution in [3.63, 3.8) is 0 Å². The smallest absolute Gasteiger partial charge is 0.352 e. The summed E-state index contributed by atoms with van der Waals surface area (Å²) in [7, 11) is 0. The van der Waals surface area contributed by atoms with Crippen LogP contribution in [0.5, 0.6) is 0 Å². The molecule has 2 atom stereocenters. The summed E-state index contributed by atoms with van der Waals surface area (Å²) in [6, 6.07) is 7.12. The molecule has 1 aliphatic rings. The number of halogens is 3. The van der Waals surface area contributed by atoms with Gasteiger partial charge in [-0.25, -0.2) is 19.9 Å². The largest absolute Gasteiger partial charge is 0.419 e. The maximum Gasteiger partial charge on any atom is 0.419 e. The standard InChI is InChI=1S/C24H25F3N6O/c1-15-6-7-18(19(11-15)21-28-8-4-9-29-21)22(34)33-10-3-5-16(2)20(33)14-32-23-30-12-17(13-31-23)24(25,26)27/h4,6-9,11-13,16,20H,3,5,10,14H2,1-2H3,(H,30,31,32)/t16-,20?/m1/s1. The fourth-order valence-electron chi connectivity index (χ4n) is 4.20. The van der Waals surface area contributed by atoms with Gasteiger partial charge in [0.15, 0.2) is 5.82 Å². The van der Waals surface area contributed by atoms with E-state index in [4.69, 9.17) is 0 Å². The van der Waals surface area contributed by atoms with Crippen LogP contribution in [0.3, 0.4) is 0 Å². The van der Waals surface area contributed by atoms with Gasteiger partial charge in [-0.2, -0.15) is 13.2 Å². The Labute approximate surface area is 195 Å². The Bertz CT molecular complexity index is 1140. The zero-order valence-electron chi connectivity index (χ0n) is 18.9. The number of carbonyl (C=O) groups excluding carboxylic acids is 1. The molecule has 1 aromatic carbocycles. The Hall–Kier alpha value is -3.56. The van der Waals surface area contributed by atoms with Crippen molar-refractivity contribution in [2.45, 2.75) is 38.9 Å². The van der Waals surface area contributed by atoms with Crippen LogP contribution in [0.4, 0.5) is 19.1 Å². The lowest BCUT2D eigenvalue weighted by atomic mass is 9.89. The second kappa shape index (κ2) is 9.74. The number of rotatable bonds is 5. The molecule has 178 valence electrons. The molecule has 10 heteroatoms. The molecule has 1 aliphatic heterocycles. The van der Waals surface area contributed by atoms with Gasteiger partial charge in [-0.3, -0.25) is 4.79 Å². The van der Waals surface area contributed by atoms with Crippen LogP contribution in [0.2, 0.25) is 0 Å². The number of nitrogens with one attached hydrogen (secondary N) is 1. The maximum absolute atomic E-state index is 13.7. The normalized spacial score (nSPS) is 18.6. The predicted molar refractivity (Wildman–Crippen MR) is 121 cm³/mol. The van der Waals surface area contributed by atoms with Gasteiger partial charge in [0.2, 0.25) is 5.95 Å². The Morgan fingerprint density at radius 3 is 2.53 bits per heavy atom. The number of nitrogens with zero attached hydrogens (tertiary/aromatic N) is 5. The van der Waals surface area contributed by atoms with E-state index >= 15 is 0 Å². The first-order valence-corrected chi connectivity index (χ1v) is 11.1. The molecule has 1 fully saturated rings. The maximum atomic E-state index is 13.7. The van der Waals surface area contributed by atoms with Crippen molar-refractivity contribution in [3.8, 4) is 11.4 Å². The quantitative estimate of drug-likeness (QED) is 0.586. The molecule has 0 spiro atoms. The molecule has 0 radical (unpaired) electrons. The predicted octanol–water partition coefficient (Wildman–Crippen LogP) is 4.61. The highest BCUT2D eigenvalue weighted by atomic mass is 19.4. The number of benzene rings is 1. The Morgan fingerprint density at radius 2 is 1.85 bits per heavy atom. The number of amides is 1. The topological polar surface area (TPSA) is 83.9 Å². The molecular weight excluding hydrogens is 445 g/mol. The fraction of sp³-hybridized carbons (Fsp3) is 0.375. The molecule has 1 amide bonds. The zero-order chi connectivity index (χ0) is 24.3. The van der Waals surface area contributed by atoms with Gasteiger partial charge in [0.1, 0.15) is 0 Å². The van der Waals surface area contributed by atoms with Gasteiger partial charge < -0.3 is 10.2 Å². The second-order valence-corrected chi connectivity index (χ2v) is 8.48. The van der Waals surface area contributed by atoms with Gasteiger partial charge in [0.25, 0.3) is 5.91 Å².